The molecule has 0 aliphatic carbocycles. The third-order valence-corrected chi connectivity index (χ3v) is 3.80. The fourth-order valence-electron chi connectivity index (χ4n) is 2.72. The average molecular weight is 261 g/mol. The van der Waals surface area contributed by atoms with Crippen LogP contribution in [0.5, 0.6) is 0 Å². The predicted octanol–water partition coefficient (Wildman–Crippen LogP) is 4.46. The molecule has 0 radical (unpaired) electrons. The molecule has 0 aliphatic rings. The minimum atomic E-state index is 0.228. The van der Waals surface area contributed by atoms with Crippen LogP contribution >= 0.6 is 0 Å². The van der Waals surface area contributed by atoms with Crippen LogP contribution in [0.25, 0.3) is 0 Å². The van der Waals surface area contributed by atoms with E-state index >= 15 is 0 Å². The summed E-state index contributed by atoms with van der Waals surface area (Å²) in [5.74, 6) is 0.653. The first-order valence-electron chi connectivity index (χ1n) is 7.62. The highest BCUT2D eigenvalue weighted by Crippen LogP contribution is 2.26. The molecule has 1 nitrogen and oxygen atoms in total. The lowest BCUT2D eigenvalue weighted by Gasteiger charge is -2.23. The normalized spacial score (nSPS) is 15.3. The van der Waals surface area contributed by atoms with Gasteiger partial charge in [0.1, 0.15) is 0 Å². The Kier molecular flexibility index (Phi) is 5.61. The van der Waals surface area contributed by atoms with Crippen molar-refractivity contribution < 1.29 is 0 Å². The van der Waals surface area contributed by atoms with E-state index in [0.29, 0.717) is 12.0 Å². The lowest BCUT2D eigenvalue weighted by atomic mass is 9.83. The van der Waals surface area contributed by atoms with Crippen molar-refractivity contribution in [3.8, 4) is 0 Å². The third kappa shape index (κ3) is 4.99. The van der Waals surface area contributed by atoms with E-state index in [1.165, 1.54) is 16.7 Å². The molecular formula is C18H31N. The number of rotatable bonds is 5. The molecule has 0 heterocycles. The first kappa shape index (κ1) is 16.2. The van der Waals surface area contributed by atoms with Crippen molar-refractivity contribution in [2.45, 2.75) is 72.3 Å². The van der Waals surface area contributed by atoms with Crippen LogP contribution in [0.2, 0.25) is 0 Å². The van der Waals surface area contributed by atoms with Crippen molar-refractivity contribution in [1.82, 2.24) is 0 Å². The number of nitrogens with two attached hydrogens (primary N) is 1. The number of benzene rings is 1. The van der Waals surface area contributed by atoms with Crippen LogP contribution in [-0.2, 0) is 18.3 Å². The summed E-state index contributed by atoms with van der Waals surface area (Å²) >= 11 is 0. The molecule has 0 aromatic heterocycles. The lowest BCUT2D eigenvalue weighted by Crippen LogP contribution is -2.20. The molecule has 0 saturated carbocycles. The highest BCUT2D eigenvalue weighted by Gasteiger charge is 2.16. The summed E-state index contributed by atoms with van der Waals surface area (Å²) in [5.41, 5.74) is 10.6. The molecule has 0 amide bonds. The second kappa shape index (κ2) is 6.56. The van der Waals surface area contributed by atoms with Gasteiger partial charge in [-0.15, -0.1) is 0 Å². The maximum Gasteiger partial charge on any atom is 0.00131 e. The Morgan fingerprint density at radius 2 is 1.74 bits per heavy atom. The van der Waals surface area contributed by atoms with E-state index in [1.54, 1.807) is 0 Å². The molecule has 1 aromatic carbocycles. The summed E-state index contributed by atoms with van der Waals surface area (Å²) in [5, 5.41) is 0. The minimum Gasteiger partial charge on any atom is -0.328 e. The van der Waals surface area contributed by atoms with E-state index in [2.05, 4.69) is 59.7 Å². The Labute approximate surface area is 119 Å². The van der Waals surface area contributed by atoms with Crippen LogP contribution in [0.4, 0.5) is 0 Å². The Balaban J connectivity index is 2.96. The Hall–Kier alpha value is -0.820. The zero-order chi connectivity index (χ0) is 14.6. The molecule has 2 atom stereocenters. The quantitative estimate of drug-likeness (QED) is 0.832. The molecule has 108 valence electrons. The van der Waals surface area contributed by atoms with Crippen molar-refractivity contribution >= 4 is 0 Å². The van der Waals surface area contributed by atoms with E-state index in [4.69, 9.17) is 5.73 Å². The van der Waals surface area contributed by atoms with Gasteiger partial charge in [0.2, 0.25) is 0 Å². The molecule has 0 spiro atoms. The Morgan fingerprint density at radius 3 is 2.21 bits per heavy atom. The molecule has 0 bridgehead atoms. The minimum absolute atomic E-state index is 0.228. The Morgan fingerprint density at radius 1 is 1.11 bits per heavy atom. The van der Waals surface area contributed by atoms with Gasteiger partial charge < -0.3 is 5.73 Å². The van der Waals surface area contributed by atoms with Gasteiger partial charge >= 0.3 is 0 Å². The first-order valence-corrected chi connectivity index (χ1v) is 7.62. The summed E-state index contributed by atoms with van der Waals surface area (Å²) in [6.45, 7) is 13.5. The molecule has 1 rings (SSSR count). The van der Waals surface area contributed by atoms with Crippen LogP contribution in [0.15, 0.2) is 18.2 Å². The fourth-order valence-corrected chi connectivity index (χ4v) is 2.72. The smallest absolute Gasteiger partial charge is 0.00131 e. The average Bonchev–Trinajstić information content (AvgIpc) is 2.26. The molecule has 0 aliphatic heterocycles. The van der Waals surface area contributed by atoms with Gasteiger partial charge in [0.15, 0.2) is 0 Å². The SMILES string of the molecule is CCc1ccc(C(C)(C)C)cc1CC(C)CC(C)N. The third-order valence-electron chi connectivity index (χ3n) is 3.80. The number of hydrogen-bond donors (Lipinski definition) is 1. The van der Waals surface area contributed by atoms with E-state index in [1.807, 2.05) is 0 Å². The molecule has 2 unspecified atom stereocenters. The monoisotopic (exact) mass is 261 g/mol. The van der Waals surface area contributed by atoms with Crippen LogP contribution in [-0.4, -0.2) is 6.04 Å². The Bertz CT molecular complexity index is 399. The zero-order valence-electron chi connectivity index (χ0n) is 13.6. The second-order valence-electron chi connectivity index (χ2n) is 7.11. The predicted molar refractivity (Wildman–Crippen MR) is 85.7 cm³/mol. The van der Waals surface area contributed by atoms with Gasteiger partial charge in [-0.1, -0.05) is 52.8 Å². The molecule has 1 heteroatoms. The fraction of sp³-hybridized carbons (Fsp3) is 0.667. The van der Waals surface area contributed by atoms with Crippen LogP contribution in [0.1, 0.15) is 64.7 Å². The van der Waals surface area contributed by atoms with Crippen molar-refractivity contribution in [1.29, 1.82) is 0 Å². The lowest BCUT2D eigenvalue weighted by molar-refractivity contribution is 0.478. The van der Waals surface area contributed by atoms with E-state index in [0.717, 1.165) is 19.3 Å². The molecule has 0 saturated heterocycles. The van der Waals surface area contributed by atoms with Gasteiger partial charge in [0.25, 0.3) is 0 Å². The standard InChI is InChI=1S/C18H31N/c1-7-15-8-9-17(18(4,5)6)12-16(15)11-13(2)10-14(3)19/h8-9,12-14H,7,10-11,19H2,1-6H3. The van der Waals surface area contributed by atoms with Crippen molar-refractivity contribution in [2.24, 2.45) is 11.7 Å². The van der Waals surface area contributed by atoms with Gasteiger partial charge in [-0.3, -0.25) is 0 Å². The van der Waals surface area contributed by atoms with Gasteiger partial charge in [0.05, 0.1) is 0 Å². The van der Waals surface area contributed by atoms with Gasteiger partial charge in [-0.25, -0.2) is 0 Å². The molecule has 2 N–H and O–H groups in total. The van der Waals surface area contributed by atoms with Crippen molar-refractivity contribution in [2.75, 3.05) is 0 Å². The van der Waals surface area contributed by atoms with E-state index in [-0.39, 0.29) is 5.41 Å². The summed E-state index contributed by atoms with van der Waals surface area (Å²) in [7, 11) is 0. The highest BCUT2D eigenvalue weighted by molar-refractivity contribution is 5.35. The van der Waals surface area contributed by atoms with Crippen molar-refractivity contribution in [3.05, 3.63) is 34.9 Å². The largest absolute Gasteiger partial charge is 0.328 e. The van der Waals surface area contributed by atoms with Crippen LogP contribution in [0.3, 0.4) is 0 Å². The highest BCUT2D eigenvalue weighted by atomic mass is 14.6. The van der Waals surface area contributed by atoms with Gasteiger partial charge in [-0.2, -0.15) is 0 Å². The molecular weight excluding hydrogens is 230 g/mol. The van der Waals surface area contributed by atoms with Crippen LogP contribution < -0.4 is 5.73 Å². The molecule has 0 fully saturated rings. The summed E-state index contributed by atoms with van der Waals surface area (Å²) in [6.07, 6.45) is 3.36. The van der Waals surface area contributed by atoms with E-state index in [9.17, 15) is 0 Å². The number of aryl methyl sites for hydroxylation is 1. The van der Waals surface area contributed by atoms with E-state index < -0.39 is 0 Å². The maximum absolute atomic E-state index is 5.92. The van der Waals surface area contributed by atoms with Gasteiger partial charge in [-0.05, 0) is 54.2 Å². The topological polar surface area (TPSA) is 26.0 Å². The maximum atomic E-state index is 5.92. The zero-order valence-corrected chi connectivity index (χ0v) is 13.6. The number of hydrogen-bond acceptors (Lipinski definition) is 1. The van der Waals surface area contributed by atoms with Crippen LogP contribution in [0, 0.1) is 5.92 Å². The summed E-state index contributed by atoms with van der Waals surface area (Å²) < 4.78 is 0. The molecule has 1 aromatic rings. The second-order valence-corrected chi connectivity index (χ2v) is 7.11. The first-order chi connectivity index (χ1) is 8.74. The summed E-state index contributed by atoms with van der Waals surface area (Å²) in [6, 6.07) is 7.31. The molecule has 19 heavy (non-hydrogen) atoms. The van der Waals surface area contributed by atoms with Gasteiger partial charge in [0, 0.05) is 6.04 Å². The summed E-state index contributed by atoms with van der Waals surface area (Å²) in [4.78, 5) is 0. The van der Waals surface area contributed by atoms with Crippen molar-refractivity contribution in [3.63, 3.8) is 0 Å².